The number of rotatable bonds is 9. The Morgan fingerprint density at radius 3 is 2.14 bits per heavy atom. The zero-order valence-electron chi connectivity index (χ0n) is 17.4. The highest BCUT2D eigenvalue weighted by atomic mass is 16.2. The van der Waals surface area contributed by atoms with Crippen LogP contribution in [0.25, 0.3) is 0 Å². The van der Waals surface area contributed by atoms with Gasteiger partial charge in [0.05, 0.1) is 6.54 Å². The van der Waals surface area contributed by atoms with E-state index in [0.29, 0.717) is 0 Å². The molecule has 0 fully saturated rings. The summed E-state index contributed by atoms with van der Waals surface area (Å²) < 4.78 is 0. The molecule has 0 radical (unpaired) electrons. The van der Waals surface area contributed by atoms with Gasteiger partial charge in [-0.2, -0.15) is 0 Å². The summed E-state index contributed by atoms with van der Waals surface area (Å²) in [5, 5.41) is 6.02. The van der Waals surface area contributed by atoms with Gasteiger partial charge in [0.15, 0.2) is 13.1 Å². The van der Waals surface area contributed by atoms with E-state index in [1.54, 1.807) is 0 Å². The molecule has 3 N–H and O–H groups in total. The van der Waals surface area contributed by atoms with E-state index in [4.69, 9.17) is 0 Å². The molecule has 150 valence electrons. The number of benzene rings is 2. The quantitative estimate of drug-likeness (QED) is 0.624. The predicted octanol–water partition coefficient (Wildman–Crippen LogP) is 2.74. The number of carbonyl (C=O) groups excluding carboxylic acids is 2. The van der Waals surface area contributed by atoms with Crippen LogP contribution < -0.4 is 15.5 Å². The van der Waals surface area contributed by atoms with Crippen molar-refractivity contribution < 1.29 is 14.5 Å². The second-order valence-electron chi connectivity index (χ2n) is 7.23. The first-order valence-electron chi connectivity index (χ1n) is 10.0. The maximum Gasteiger partial charge on any atom is 0.279 e. The van der Waals surface area contributed by atoms with Crippen LogP contribution >= 0.6 is 0 Å². The molecule has 0 heterocycles. The molecule has 0 aliphatic carbocycles. The zero-order chi connectivity index (χ0) is 20.5. The summed E-state index contributed by atoms with van der Waals surface area (Å²) >= 11 is 0. The van der Waals surface area contributed by atoms with Gasteiger partial charge in [-0.25, -0.2) is 0 Å². The molecule has 0 spiro atoms. The third-order valence-electron chi connectivity index (χ3n) is 4.85. The predicted molar refractivity (Wildman–Crippen MR) is 115 cm³/mol. The van der Waals surface area contributed by atoms with E-state index >= 15 is 0 Å². The van der Waals surface area contributed by atoms with Crippen molar-refractivity contribution in [3.63, 3.8) is 0 Å². The summed E-state index contributed by atoms with van der Waals surface area (Å²) in [7, 11) is 0. The summed E-state index contributed by atoms with van der Waals surface area (Å²) in [6.07, 6.45) is 1.77. The number of carbonyl (C=O) groups is 2. The summed E-state index contributed by atoms with van der Waals surface area (Å²) in [4.78, 5) is 26.1. The lowest BCUT2D eigenvalue weighted by atomic mass is 10.1. The molecular weight excluding hydrogens is 350 g/mol. The van der Waals surface area contributed by atoms with Crippen LogP contribution in [0.15, 0.2) is 42.5 Å². The molecule has 0 saturated heterocycles. The molecule has 1 unspecified atom stereocenters. The lowest BCUT2D eigenvalue weighted by molar-refractivity contribution is -0.883. The number of aryl methyl sites for hydroxylation is 3. The minimum atomic E-state index is -0.0734. The van der Waals surface area contributed by atoms with Crippen LogP contribution in [-0.2, 0) is 16.0 Å². The molecule has 0 aliphatic heterocycles. The van der Waals surface area contributed by atoms with E-state index in [0.717, 1.165) is 52.4 Å². The van der Waals surface area contributed by atoms with Crippen LogP contribution in [0, 0.1) is 13.8 Å². The van der Waals surface area contributed by atoms with Gasteiger partial charge in [-0.05, 0) is 49.4 Å². The SMILES string of the molecule is CCC[NH+](CC(=O)Nc1ccccc1C)CC(=O)Nc1c(C)cccc1CC. The normalized spacial score (nSPS) is 11.7. The van der Waals surface area contributed by atoms with Crippen molar-refractivity contribution in [3.05, 3.63) is 59.2 Å². The highest BCUT2D eigenvalue weighted by Crippen LogP contribution is 2.20. The first-order valence-corrected chi connectivity index (χ1v) is 10.0. The van der Waals surface area contributed by atoms with Crippen LogP contribution in [0.1, 0.15) is 37.0 Å². The first kappa shape index (κ1) is 21.6. The van der Waals surface area contributed by atoms with Crippen LogP contribution in [-0.4, -0.2) is 31.4 Å². The van der Waals surface area contributed by atoms with E-state index in [2.05, 4.69) is 24.5 Å². The number of amides is 2. The van der Waals surface area contributed by atoms with Gasteiger partial charge >= 0.3 is 0 Å². The Morgan fingerprint density at radius 2 is 1.50 bits per heavy atom. The van der Waals surface area contributed by atoms with Crippen molar-refractivity contribution in [2.45, 2.75) is 40.5 Å². The molecule has 28 heavy (non-hydrogen) atoms. The van der Waals surface area contributed by atoms with Gasteiger partial charge < -0.3 is 15.5 Å². The van der Waals surface area contributed by atoms with Crippen LogP contribution in [0.3, 0.4) is 0 Å². The number of anilines is 2. The van der Waals surface area contributed by atoms with Crippen LogP contribution in [0.5, 0.6) is 0 Å². The fourth-order valence-electron chi connectivity index (χ4n) is 3.34. The average molecular weight is 383 g/mol. The summed E-state index contributed by atoms with van der Waals surface area (Å²) in [6.45, 7) is 9.41. The Balaban J connectivity index is 1.99. The first-order chi connectivity index (χ1) is 13.4. The molecule has 1 atom stereocenters. The van der Waals surface area contributed by atoms with Crippen molar-refractivity contribution in [3.8, 4) is 0 Å². The van der Waals surface area contributed by atoms with Gasteiger partial charge in [0.25, 0.3) is 11.8 Å². The number of hydrogen-bond donors (Lipinski definition) is 3. The molecular formula is C23H32N3O2+. The van der Waals surface area contributed by atoms with Crippen molar-refractivity contribution >= 4 is 23.2 Å². The van der Waals surface area contributed by atoms with Crippen molar-refractivity contribution in [2.24, 2.45) is 0 Å². The maximum atomic E-state index is 12.6. The van der Waals surface area contributed by atoms with E-state index in [-0.39, 0.29) is 24.9 Å². The number of nitrogens with one attached hydrogen (secondary N) is 3. The fraction of sp³-hybridized carbons (Fsp3) is 0.391. The van der Waals surface area contributed by atoms with Crippen molar-refractivity contribution in [2.75, 3.05) is 30.3 Å². The zero-order valence-corrected chi connectivity index (χ0v) is 17.4. The minimum absolute atomic E-state index is 0.0591. The molecule has 0 bridgehead atoms. The summed E-state index contributed by atoms with van der Waals surface area (Å²) in [5.74, 6) is -0.133. The van der Waals surface area contributed by atoms with Crippen LogP contribution in [0.4, 0.5) is 11.4 Å². The molecule has 0 saturated carbocycles. The van der Waals surface area contributed by atoms with E-state index in [1.165, 1.54) is 0 Å². The fourth-order valence-corrected chi connectivity index (χ4v) is 3.34. The number of quaternary nitrogens is 1. The second-order valence-corrected chi connectivity index (χ2v) is 7.23. The molecule has 2 amide bonds. The molecule has 0 aliphatic rings. The van der Waals surface area contributed by atoms with E-state index in [9.17, 15) is 9.59 Å². The van der Waals surface area contributed by atoms with E-state index in [1.807, 2.05) is 56.3 Å². The van der Waals surface area contributed by atoms with Crippen LogP contribution in [0.2, 0.25) is 0 Å². The molecule has 5 nitrogen and oxygen atoms in total. The molecule has 0 aromatic heterocycles. The Kier molecular flexibility index (Phi) is 8.20. The Morgan fingerprint density at radius 1 is 0.857 bits per heavy atom. The van der Waals surface area contributed by atoms with Crippen molar-refractivity contribution in [1.29, 1.82) is 0 Å². The van der Waals surface area contributed by atoms with E-state index < -0.39 is 0 Å². The topological polar surface area (TPSA) is 62.6 Å². The largest absolute Gasteiger partial charge is 0.321 e. The highest BCUT2D eigenvalue weighted by molar-refractivity contribution is 5.94. The molecule has 2 aromatic carbocycles. The lowest BCUT2D eigenvalue weighted by Gasteiger charge is -2.19. The van der Waals surface area contributed by atoms with Crippen molar-refractivity contribution in [1.82, 2.24) is 0 Å². The smallest absolute Gasteiger partial charge is 0.279 e. The number of hydrogen-bond acceptors (Lipinski definition) is 2. The number of para-hydroxylation sites is 2. The Labute approximate surface area is 168 Å². The minimum Gasteiger partial charge on any atom is -0.321 e. The Hall–Kier alpha value is -2.66. The standard InChI is InChI=1S/C23H31N3O2/c1-5-14-26(15-21(27)24-20-13-8-7-10-17(20)3)16-22(28)25-23-18(4)11-9-12-19(23)6-2/h7-13H,5-6,14-16H2,1-4H3,(H,24,27)(H,25,28)/p+1. The third-order valence-corrected chi connectivity index (χ3v) is 4.85. The summed E-state index contributed by atoms with van der Waals surface area (Å²) in [5.41, 5.74) is 4.93. The third kappa shape index (κ3) is 6.20. The molecule has 2 rings (SSSR count). The molecule has 2 aromatic rings. The second kappa shape index (κ2) is 10.6. The average Bonchev–Trinajstić information content (AvgIpc) is 2.65. The van der Waals surface area contributed by atoms with Gasteiger partial charge in [-0.1, -0.05) is 50.2 Å². The van der Waals surface area contributed by atoms with Gasteiger partial charge in [0.1, 0.15) is 0 Å². The monoisotopic (exact) mass is 382 g/mol. The highest BCUT2D eigenvalue weighted by Gasteiger charge is 2.19. The van der Waals surface area contributed by atoms with Gasteiger partial charge in [-0.15, -0.1) is 0 Å². The van der Waals surface area contributed by atoms with Gasteiger partial charge in [0, 0.05) is 11.4 Å². The maximum absolute atomic E-state index is 12.6. The lowest BCUT2D eigenvalue weighted by Crippen LogP contribution is -3.14. The summed E-state index contributed by atoms with van der Waals surface area (Å²) in [6, 6.07) is 13.8. The van der Waals surface area contributed by atoms with Gasteiger partial charge in [0.2, 0.25) is 0 Å². The van der Waals surface area contributed by atoms with Gasteiger partial charge in [-0.3, -0.25) is 9.59 Å². The molecule has 5 heteroatoms. The Bertz CT molecular complexity index is 817.